The van der Waals surface area contributed by atoms with Crippen molar-refractivity contribution in [1.29, 1.82) is 0 Å². The van der Waals surface area contributed by atoms with Gasteiger partial charge in [-0.25, -0.2) is 14.4 Å². The van der Waals surface area contributed by atoms with E-state index in [-0.39, 0.29) is 39.8 Å². The lowest BCUT2D eigenvalue weighted by molar-refractivity contribution is -0.285. The minimum atomic E-state index is -1.27. The molecule has 14 atom stereocenters. The van der Waals surface area contributed by atoms with Crippen molar-refractivity contribution < 1.29 is 43.2 Å². The summed E-state index contributed by atoms with van der Waals surface area (Å²) in [6, 6.07) is 25.9. The van der Waals surface area contributed by atoms with Crippen molar-refractivity contribution in [2.75, 3.05) is 13.2 Å². The minimum Gasteiger partial charge on any atom is -0.452 e. The molecule has 6 fully saturated rings. The molecule has 3 aromatic rings. The third-order valence-corrected chi connectivity index (χ3v) is 18.9. The van der Waals surface area contributed by atoms with E-state index in [1.807, 2.05) is 18.2 Å². The molecule has 0 radical (unpaired) electrons. The Balaban J connectivity index is 1.02. The van der Waals surface area contributed by atoms with Crippen molar-refractivity contribution in [2.24, 2.45) is 56.7 Å². The van der Waals surface area contributed by atoms with E-state index in [4.69, 9.17) is 23.7 Å². The Labute approximate surface area is 386 Å². The summed E-state index contributed by atoms with van der Waals surface area (Å²) in [5.41, 5.74) is 2.33. The van der Waals surface area contributed by atoms with E-state index in [1.54, 1.807) is 72.8 Å². The monoisotopic (exact) mass is 887 g/mol. The highest BCUT2D eigenvalue weighted by atomic mass is 16.7. The van der Waals surface area contributed by atoms with E-state index < -0.39 is 42.5 Å². The third kappa shape index (κ3) is 7.79. The molecule has 1 N–H and O–H groups in total. The van der Waals surface area contributed by atoms with Crippen LogP contribution in [0.5, 0.6) is 0 Å². The van der Waals surface area contributed by atoms with Crippen LogP contribution in [0.15, 0.2) is 103 Å². The molecular formula is C56H70O9. The van der Waals surface area contributed by atoms with E-state index in [1.165, 1.54) is 18.4 Å². The average molecular weight is 887 g/mol. The molecule has 1 saturated heterocycles. The van der Waals surface area contributed by atoms with Gasteiger partial charge in [0, 0.05) is 0 Å². The van der Waals surface area contributed by atoms with E-state index >= 15 is 0 Å². The van der Waals surface area contributed by atoms with Gasteiger partial charge >= 0.3 is 17.9 Å². The van der Waals surface area contributed by atoms with Crippen LogP contribution in [0.4, 0.5) is 0 Å². The van der Waals surface area contributed by atoms with Crippen LogP contribution in [0.2, 0.25) is 0 Å². The SMILES string of the molecule is C=C(C)[C@@H]1CC[C@]2(CO[C@@H]3OC[C@H](OC(=O)c4ccccc4)[C@H](OC(=O)c4ccccc4)[C@H]3OC(=O)c3ccccc3)CC[C@]3(C)[C@H](CC[C@@H]4[C@@]5(C)CC[C@H](O)C(C)(C)[C@@H]5CC[C@]43C)[C@@H]12. The summed E-state index contributed by atoms with van der Waals surface area (Å²) in [7, 11) is 0. The van der Waals surface area contributed by atoms with Crippen molar-refractivity contribution in [3.05, 3.63) is 120 Å². The number of aliphatic hydroxyl groups excluding tert-OH is 1. The first kappa shape index (κ1) is 45.8. The van der Waals surface area contributed by atoms with Crippen molar-refractivity contribution in [2.45, 2.75) is 136 Å². The van der Waals surface area contributed by atoms with Gasteiger partial charge in [-0.3, -0.25) is 0 Å². The number of rotatable bonds is 10. The number of allylic oxidation sites excluding steroid dienone is 1. The normalized spacial score (nSPS) is 39.3. The van der Waals surface area contributed by atoms with Gasteiger partial charge in [0.2, 0.25) is 0 Å². The Bertz CT molecular complexity index is 2230. The Morgan fingerprint density at radius 1 is 0.646 bits per heavy atom. The first-order valence-electron chi connectivity index (χ1n) is 24.4. The number of benzene rings is 3. The van der Waals surface area contributed by atoms with Gasteiger partial charge < -0.3 is 28.8 Å². The van der Waals surface area contributed by atoms with Gasteiger partial charge in [-0.1, -0.05) is 101 Å². The van der Waals surface area contributed by atoms with Crippen LogP contribution in [0.3, 0.4) is 0 Å². The van der Waals surface area contributed by atoms with Gasteiger partial charge in [-0.15, -0.1) is 0 Å². The number of ether oxygens (including phenoxy) is 5. The van der Waals surface area contributed by atoms with Crippen LogP contribution < -0.4 is 0 Å². The molecule has 5 saturated carbocycles. The predicted molar refractivity (Wildman–Crippen MR) is 248 cm³/mol. The smallest absolute Gasteiger partial charge is 0.338 e. The first-order chi connectivity index (χ1) is 31.0. The molecule has 9 nitrogen and oxygen atoms in total. The predicted octanol–water partition coefficient (Wildman–Crippen LogP) is 11.1. The maximum absolute atomic E-state index is 14.0. The van der Waals surface area contributed by atoms with Crippen LogP contribution in [-0.2, 0) is 23.7 Å². The number of esters is 3. The fourth-order valence-corrected chi connectivity index (χ4v) is 15.3. The molecule has 6 aliphatic rings. The molecule has 0 unspecified atom stereocenters. The van der Waals surface area contributed by atoms with Crippen LogP contribution in [-0.4, -0.2) is 66.9 Å². The number of carbonyl (C=O) groups is 3. The zero-order chi connectivity index (χ0) is 45.9. The molecule has 9 rings (SSSR count). The van der Waals surface area contributed by atoms with Crippen LogP contribution >= 0.6 is 0 Å². The van der Waals surface area contributed by atoms with Gasteiger partial charge in [0.15, 0.2) is 24.6 Å². The Hall–Kier alpha value is -4.31. The number of fused-ring (bicyclic) bond motifs is 7. The topological polar surface area (TPSA) is 118 Å². The number of carbonyl (C=O) groups excluding carboxylic acids is 3. The maximum Gasteiger partial charge on any atom is 0.338 e. The van der Waals surface area contributed by atoms with E-state index in [9.17, 15) is 19.5 Å². The Morgan fingerprint density at radius 3 is 1.80 bits per heavy atom. The molecule has 1 aliphatic heterocycles. The highest BCUT2D eigenvalue weighted by Gasteiger charge is 2.71. The molecule has 65 heavy (non-hydrogen) atoms. The van der Waals surface area contributed by atoms with Gasteiger partial charge in [0.1, 0.15) is 0 Å². The standard InChI is InChI=1S/C56H70O9/c1-35(2)39-25-30-56(32-31-54(6)40(45(39)56)23-24-43-53(5)28-27-44(57)52(3,4)42(53)26-29-55(43,54)7)34-62-51-47(65-50(60)38-21-15-10-16-22-38)46(64-49(59)37-19-13-9-14-20-37)41(33-61-51)63-48(58)36-17-11-8-12-18-36/h8-22,39-47,51,57H,1,23-34H2,2-7H3/t39-,40+,41-,42-,43+,44-,45+,46-,47+,51-,53-,54+,55+,56+/m0/s1. The summed E-state index contributed by atoms with van der Waals surface area (Å²) in [5.74, 6) is 0.333. The van der Waals surface area contributed by atoms with Gasteiger partial charge in [0.25, 0.3) is 0 Å². The summed E-state index contributed by atoms with van der Waals surface area (Å²) in [6.45, 7) is 19.5. The lowest BCUT2D eigenvalue weighted by Gasteiger charge is -2.73. The summed E-state index contributed by atoms with van der Waals surface area (Å²) in [6.07, 6.45) is 5.72. The molecular weight excluding hydrogens is 817 g/mol. The largest absolute Gasteiger partial charge is 0.452 e. The minimum absolute atomic E-state index is 0.0986. The second-order valence-electron chi connectivity index (χ2n) is 22.2. The van der Waals surface area contributed by atoms with Crippen LogP contribution in [0.1, 0.15) is 137 Å². The molecule has 0 amide bonds. The summed E-state index contributed by atoms with van der Waals surface area (Å²) < 4.78 is 32.2. The fourth-order valence-electron chi connectivity index (χ4n) is 15.3. The Kier molecular flexibility index (Phi) is 12.3. The second kappa shape index (κ2) is 17.4. The van der Waals surface area contributed by atoms with E-state index in [0.29, 0.717) is 52.9 Å². The van der Waals surface area contributed by atoms with Gasteiger partial charge in [0.05, 0.1) is 36.0 Å². The molecule has 9 heteroatoms. The first-order valence-corrected chi connectivity index (χ1v) is 24.4. The highest BCUT2D eigenvalue weighted by molar-refractivity contribution is 5.91. The van der Waals surface area contributed by atoms with Crippen molar-refractivity contribution in [3.8, 4) is 0 Å². The van der Waals surface area contributed by atoms with Crippen molar-refractivity contribution in [3.63, 3.8) is 0 Å². The van der Waals surface area contributed by atoms with E-state index in [0.717, 1.165) is 51.4 Å². The number of hydrogen-bond donors (Lipinski definition) is 1. The molecule has 0 bridgehead atoms. The molecule has 3 aromatic carbocycles. The molecule has 0 spiro atoms. The summed E-state index contributed by atoms with van der Waals surface area (Å²) in [4.78, 5) is 41.5. The average Bonchev–Trinajstić information content (AvgIpc) is 3.69. The number of hydrogen-bond acceptors (Lipinski definition) is 9. The maximum atomic E-state index is 14.0. The van der Waals surface area contributed by atoms with Gasteiger partial charge in [-0.05, 0) is 164 Å². The highest BCUT2D eigenvalue weighted by Crippen LogP contribution is 2.77. The fraction of sp³-hybridized carbons (Fsp3) is 0.589. The lowest BCUT2D eigenvalue weighted by atomic mass is 9.32. The molecule has 0 aromatic heterocycles. The molecule has 5 aliphatic carbocycles. The second-order valence-corrected chi connectivity index (χ2v) is 22.2. The third-order valence-electron chi connectivity index (χ3n) is 18.9. The zero-order valence-electron chi connectivity index (χ0n) is 39.3. The van der Waals surface area contributed by atoms with Crippen LogP contribution in [0, 0.1) is 56.7 Å². The summed E-state index contributed by atoms with van der Waals surface area (Å²) in [5, 5.41) is 11.3. The lowest BCUT2D eigenvalue weighted by Crippen LogP contribution is -2.67. The van der Waals surface area contributed by atoms with Crippen molar-refractivity contribution >= 4 is 17.9 Å². The van der Waals surface area contributed by atoms with E-state index in [2.05, 4.69) is 48.1 Å². The molecule has 1 heterocycles. The van der Waals surface area contributed by atoms with Crippen molar-refractivity contribution in [1.82, 2.24) is 0 Å². The van der Waals surface area contributed by atoms with Crippen LogP contribution in [0.25, 0.3) is 0 Å². The zero-order valence-corrected chi connectivity index (χ0v) is 39.3. The molecule has 348 valence electrons. The quantitative estimate of drug-likeness (QED) is 0.121. The Morgan fingerprint density at radius 2 is 1.22 bits per heavy atom. The number of aliphatic hydroxyl groups is 1. The summed E-state index contributed by atoms with van der Waals surface area (Å²) >= 11 is 0. The van der Waals surface area contributed by atoms with Gasteiger partial charge in [-0.2, -0.15) is 0 Å².